The second-order valence-electron chi connectivity index (χ2n) is 4.67. The highest BCUT2D eigenvalue weighted by Crippen LogP contribution is 2.19. The van der Waals surface area contributed by atoms with Crippen LogP contribution in [0.3, 0.4) is 0 Å². The van der Waals surface area contributed by atoms with E-state index in [1.54, 1.807) is 24.0 Å². The van der Waals surface area contributed by atoms with Crippen molar-refractivity contribution in [3.63, 3.8) is 0 Å². The van der Waals surface area contributed by atoms with Gasteiger partial charge in [-0.05, 0) is 42.7 Å². The smallest absolute Gasteiger partial charge is 0.248 e. The minimum atomic E-state index is -0.163. The average Bonchev–Trinajstić information content (AvgIpc) is 2.96. The standard InChI is InChI=1S/C17H15N3OS/c1-22-15-6-4-5-13(11-15)19-17(21)9-8-14-12-18-16-7-2-3-10-20(14)16/h2-12H,1H3,(H,19,21)/b9-8+. The van der Waals surface area contributed by atoms with Crippen LogP contribution >= 0.6 is 11.8 Å². The van der Waals surface area contributed by atoms with E-state index in [9.17, 15) is 4.79 Å². The molecule has 0 fully saturated rings. The lowest BCUT2D eigenvalue weighted by molar-refractivity contribution is -0.111. The molecule has 0 aliphatic rings. The van der Waals surface area contributed by atoms with Crippen LogP contribution in [-0.4, -0.2) is 21.5 Å². The van der Waals surface area contributed by atoms with Crippen LogP contribution in [0.15, 0.2) is 65.8 Å². The number of rotatable bonds is 4. The fourth-order valence-corrected chi connectivity index (χ4v) is 2.58. The molecule has 0 unspecified atom stereocenters. The van der Waals surface area contributed by atoms with Gasteiger partial charge >= 0.3 is 0 Å². The number of imidazole rings is 1. The quantitative estimate of drug-likeness (QED) is 0.590. The summed E-state index contributed by atoms with van der Waals surface area (Å²) in [5, 5.41) is 2.86. The van der Waals surface area contributed by atoms with Gasteiger partial charge in [-0.25, -0.2) is 4.98 Å². The number of nitrogens with zero attached hydrogens (tertiary/aromatic N) is 2. The van der Waals surface area contributed by atoms with Gasteiger partial charge in [0.05, 0.1) is 11.9 Å². The maximum atomic E-state index is 12.0. The molecule has 22 heavy (non-hydrogen) atoms. The van der Waals surface area contributed by atoms with Crippen LogP contribution < -0.4 is 5.32 Å². The number of carbonyl (C=O) groups is 1. The molecule has 0 spiro atoms. The van der Waals surface area contributed by atoms with E-state index in [2.05, 4.69) is 10.3 Å². The minimum Gasteiger partial charge on any atom is -0.322 e. The summed E-state index contributed by atoms with van der Waals surface area (Å²) < 4.78 is 1.93. The van der Waals surface area contributed by atoms with E-state index in [-0.39, 0.29) is 5.91 Å². The molecule has 110 valence electrons. The van der Waals surface area contributed by atoms with Crippen molar-refractivity contribution < 1.29 is 4.79 Å². The molecule has 0 bridgehead atoms. The van der Waals surface area contributed by atoms with Gasteiger partial charge < -0.3 is 9.72 Å². The Bertz CT molecular complexity index is 839. The van der Waals surface area contributed by atoms with Gasteiger partial charge in [0.1, 0.15) is 5.65 Å². The predicted octanol–water partition coefficient (Wildman–Crippen LogP) is 3.71. The number of amides is 1. The zero-order valence-electron chi connectivity index (χ0n) is 12.1. The number of nitrogens with one attached hydrogen (secondary N) is 1. The summed E-state index contributed by atoms with van der Waals surface area (Å²) in [6, 6.07) is 13.5. The van der Waals surface area contributed by atoms with Gasteiger partial charge in [-0.15, -0.1) is 11.8 Å². The molecule has 5 heteroatoms. The average molecular weight is 309 g/mol. The Morgan fingerprint density at radius 3 is 3.05 bits per heavy atom. The summed E-state index contributed by atoms with van der Waals surface area (Å²) in [6.07, 6.45) is 8.94. The van der Waals surface area contributed by atoms with Crippen LogP contribution in [-0.2, 0) is 4.79 Å². The summed E-state index contributed by atoms with van der Waals surface area (Å²) in [5.41, 5.74) is 2.51. The molecular weight excluding hydrogens is 294 g/mol. The SMILES string of the molecule is CSc1cccc(NC(=O)/C=C/c2cnc3ccccn23)c1. The first-order chi connectivity index (χ1) is 10.8. The third-order valence-electron chi connectivity index (χ3n) is 3.19. The number of anilines is 1. The van der Waals surface area contributed by atoms with Gasteiger partial charge in [-0.1, -0.05) is 12.1 Å². The number of hydrogen-bond donors (Lipinski definition) is 1. The molecule has 0 aliphatic heterocycles. The highest BCUT2D eigenvalue weighted by Gasteiger charge is 2.01. The van der Waals surface area contributed by atoms with E-state index < -0.39 is 0 Å². The molecule has 0 saturated carbocycles. The summed E-state index contributed by atoms with van der Waals surface area (Å²) in [5.74, 6) is -0.163. The lowest BCUT2D eigenvalue weighted by atomic mass is 10.3. The molecule has 0 radical (unpaired) electrons. The van der Waals surface area contributed by atoms with Crippen LogP contribution in [0.5, 0.6) is 0 Å². The second kappa shape index (κ2) is 6.49. The number of carbonyl (C=O) groups excluding carboxylic acids is 1. The Hall–Kier alpha value is -2.53. The maximum absolute atomic E-state index is 12.0. The second-order valence-corrected chi connectivity index (χ2v) is 5.55. The first-order valence-electron chi connectivity index (χ1n) is 6.81. The maximum Gasteiger partial charge on any atom is 0.248 e. The molecule has 2 heterocycles. The molecule has 1 amide bonds. The third kappa shape index (κ3) is 3.20. The Balaban J connectivity index is 1.73. The van der Waals surface area contributed by atoms with Gasteiger partial charge in [-0.3, -0.25) is 4.79 Å². The molecule has 3 rings (SSSR count). The van der Waals surface area contributed by atoms with Crippen LogP contribution in [0.25, 0.3) is 11.7 Å². The van der Waals surface area contributed by atoms with E-state index in [0.29, 0.717) is 0 Å². The number of hydrogen-bond acceptors (Lipinski definition) is 3. The van der Waals surface area contributed by atoms with Crippen molar-refractivity contribution in [2.45, 2.75) is 4.90 Å². The molecule has 0 aliphatic carbocycles. The molecule has 0 atom stereocenters. The van der Waals surface area contributed by atoms with E-state index in [1.165, 1.54) is 6.08 Å². The fraction of sp³-hybridized carbons (Fsp3) is 0.0588. The van der Waals surface area contributed by atoms with Crippen LogP contribution in [0.1, 0.15) is 5.69 Å². The topological polar surface area (TPSA) is 46.4 Å². The number of thioether (sulfide) groups is 1. The molecular formula is C17H15N3OS. The van der Waals surface area contributed by atoms with Crippen molar-refractivity contribution in [2.24, 2.45) is 0 Å². The summed E-state index contributed by atoms with van der Waals surface area (Å²) in [4.78, 5) is 17.4. The minimum absolute atomic E-state index is 0.163. The Kier molecular flexibility index (Phi) is 4.25. The lowest BCUT2D eigenvalue weighted by Crippen LogP contribution is -2.07. The lowest BCUT2D eigenvalue weighted by Gasteiger charge is -2.03. The summed E-state index contributed by atoms with van der Waals surface area (Å²) >= 11 is 1.64. The van der Waals surface area contributed by atoms with Crippen molar-refractivity contribution in [1.82, 2.24) is 9.38 Å². The van der Waals surface area contributed by atoms with Crippen LogP contribution in [0, 0.1) is 0 Å². The molecule has 1 N–H and O–H groups in total. The van der Waals surface area contributed by atoms with Crippen LogP contribution in [0.2, 0.25) is 0 Å². The van der Waals surface area contributed by atoms with E-state index in [1.807, 2.05) is 59.3 Å². The summed E-state index contributed by atoms with van der Waals surface area (Å²) in [7, 11) is 0. The Morgan fingerprint density at radius 1 is 1.27 bits per heavy atom. The number of benzene rings is 1. The number of fused-ring (bicyclic) bond motifs is 1. The predicted molar refractivity (Wildman–Crippen MR) is 91.1 cm³/mol. The highest BCUT2D eigenvalue weighted by molar-refractivity contribution is 7.98. The van der Waals surface area contributed by atoms with Crippen molar-refractivity contribution >= 4 is 35.1 Å². The number of pyridine rings is 1. The molecule has 4 nitrogen and oxygen atoms in total. The van der Waals surface area contributed by atoms with Gasteiger partial charge in [0.15, 0.2) is 0 Å². The first kappa shape index (κ1) is 14.4. The van der Waals surface area contributed by atoms with Crippen molar-refractivity contribution in [3.8, 4) is 0 Å². The largest absolute Gasteiger partial charge is 0.322 e. The third-order valence-corrected chi connectivity index (χ3v) is 3.91. The van der Waals surface area contributed by atoms with E-state index in [0.717, 1.165) is 21.9 Å². The molecule has 1 aromatic carbocycles. The Labute approximate surface area is 132 Å². The zero-order valence-corrected chi connectivity index (χ0v) is 12.9. The van der Waals surface area contributed by atoms with Crippen molar-refractivity contribution in [3.05, 3.63) is 66.6 Å². The normalized spacial score (nSPS) is 11.1. The highest BCUT2D eigenvalue weighted by atomic mass is 32.2. The molecule has 2 aromatic heterocycles. The summed E-state index contributed by atoms with van der Waals surface area (Å²) in [6.45, 7) is 0. The first-order valence-corrected chi connectivity index (χ1v) is 8.04. The van der Waals surface area contributed by atoms with Gasteiger partial charge in [0.25, 0.3) is 0 Å². The van der Waals surface area contributed by atoms with Crippen molar-refractivity contribution in [1.29, 1.82) is 0 Å². The zero-order chi connectivity index (χ0) is 15.4. The van der Waals surface area contributed by atoms with E-state index >= 15 is 0 Å². The van der Waals surface area contributed by atoms with Gasteiger partial charge in [0.2, 0.25) is 5.91 Å². The molecule has 0 saturated heterocycles. The Morgan fingerprint density at radius 2 is 2.18 bits per heavy atom. The van der Waals surface area contributed by atoms with E-state index in [4.69, 9.17) is 0 Å². The monoisotopic (exact) mass is 309 g/mol. The van der Waals surface area contributed by atoms with Gasteiger partial charge in [0, 0.05) is 22.9 Å². The van der Waals surface area contributed by atoms with Crippen LogP contribution in [0.4, 0.5) is 5.69 Å². The molecule has 3 aromatic rings. The number of aromatic nitrogens is 2. The fourth-order valence-electron chi connectivity index (χ4n) is 2.12. The van der Waals surface area contributed by atoms with Crippen molar-refractivity contribution in [2.75, 3.05) is 11.6 Å². The van der Waals surface area contributed by atoms with Gasteiger partial charge in [-0.2, -0.15) is 0 Å².